The second-order valence-corrected chi connectivity index (χ2v) is 19.2. The third-order valence-electron chi connectivity index (χ3n) is 10.8. The van der Waals surface area contributed by atoms with Gasteiger partial charge in [0.2, 0.25) is 0 Å². The molecule has 2 aromatic heterocycles. The van der Waals surface area contributed by atoms with Gasteiger partial charge in [0, 0.05) is 23.5 Å². The Morgan fingerprint density at radius 3 is 1.16 bits per heavy atom. The third-order valence-corrected chi connectivity index (χ3v) is 14.9. The summed E-state index contributed by atoms with van der Waals surface area (Å²) in [7, 11) is 0. The van der Waals surface area contributed by atoms with Crippen LogP contribution in [0.2, 0.25) is 0 Å². The monoisotopic (exact) mass is 840 g/mol. The number of hydrogen-bond acceptors (Lipinski definition) is 4. The summed E-state index contributed by atoms with van der Waals surface area (Å²) in [5.41, 5.74) is 7.62. The smallest absolute Gasteiger partial charge is 0.265 e. The zero-order valence-corrected chi connectivity index (χ0v) is 35.0. The molecule has 0 saturated heterocycles. The van der Waals surface area contributed by atoms with Gasteiger partial charge in [0.25, 0.3) is 11.8 Å². The van der Waals surface area contributed by atoms with Crippen LogP contribution in [0, 0.1) is 0 Å². The summed E-state index contributed by atoms with van der Waals surface area (Å²) in [6.07, 6.45) is 36.4. The van der Waals surface area contributed by atoms with E-state index in [-0.39, 0.29) is 11.8 Å². The molecule has 4 aliphatic heterocycles. The van der Waals surface area contributed by atoms with Gasteiger partial charge >= 0.3 is 0 Å². The van der Waals surface area contributed by atoms with Crippen molar-refractivity contribution in [3.05, 3.63) is 63.1 Å². The molecule has 0 fully saturated rings. The van der Waals surface area contributed by atoms with E-state index in [2.05, 4.69) is 57.9 Å². The van der Waals surface area contributed by atoms with E-state index in [1.807, 2.05) is 12.4 Å². The van der Waals surface area contributed by atoms with E-state index in [0.29, 0.717) is 11.1 Å². The van der Waals surface area contributed by atoms with E-state index in [1.165, 1.54) is 138 Å². The van der Waals surface area contributed by atoms with Gasteiger partial charge in [0.05, 0.1) is 39.9 Å². The highest BCUT2D eigenvalue weighted by Crippen LogP contribution is 2.55. The van der Waals surface area contributed by atoms with Crippen molar-refractivity contribution in [1.82, 2.24) is 9.80 Å². The average molecular weight is 843 g/mol. The molecule has 50 heavy (non-hydrogen) atoms. The molecular formula is C42H54Br2N2O2S2. The quantitative estimate of drug-likeness (QED) is 0.111. The number of unbranched alkanes of at least 4 members (excludes halogenated alkanes) is 18. The molecule has 2 amide bonds. The second-order valence-electron chi connectivity index (χ2n) is 14.5. The SMILES string of the molecule is CCCCCCCCCCCCc1c(Br)sc2c1C=CN1C(=O)C3=C4c5sc(Br)c(CCCCCCCCCCCC)c5C=CN4C(=O)C3=C21. The molecule has 6 heterocycles. The van der Waals surface area contributed by atoms with Gasteiger partial charge in [0.1, 0.15) is 0 Å². The molecule has 4 nitrogen and oxygen atoms in total. The second kappa shape index (κ2) is 18.3. The first-order valence-electron chi connectivity index (χ1n) is 19.6. The molecule has 0 aliphatic carbocycles. The number of rotatable bonds is 22. The van der Waals surface area contributed by atoms with E-state index >= 15 is 0 Å². The third kappa shape index (κ3) is 8.09. The van der Waals surface area contributed by atoms with Gasteiger partial charge in [-0.25, -0.2) is 0 Å². The largest absolute Gasteiger partial charge is 0.281 e. The van der Waals surface area contributed by atoms with Crippen LogP contribution in [0.15, 0.2) is 31.1 Å². The standard InChI is InChI=1S/C42H54Br2N2O2S2/c1-3-5-7-9-11-13-15-17-19-21-23-31-29-25-27-45-35(37(29)49-39(31)43)33-34(42(45)48)36-38-30(26-28-46(36)41(33)47)32(40(44)50-38)24-22-20-18-16-14-12-10-8-6-4-2/h25-28H,3-24H2,1-2H3. The maximum absolute atomic E-state index is 14.1. The predicted octanol–water partition coefficient (Wildman–Crippen LogP) is 14.0. The Balaban J connectivity index is 1.12. The minimum Gasteiger partial charge on any atom is -0.281 e. The van der Waals surface area contributed by atoms with Gasteiger partial charge in [-0.3, -0.25) is 19.4 Å². The van der Waals surface area contributed by atoms with Crippen molar-refractivity contribution in [3.8, 4) is 0 Å². The fourth-order valence-corrected chi connectivity index (χ4v) is 12.0. The number of carbonyl (C=O) groups is 2. The van der Waals surface area contributed by atoms with Crippen LogP contribution in [-0.2, 0) is 22.4 Å². The highest BCUT2D eigenvalue weighted by atomic mass is 79.9. The van der Waals surface area contributed by atoms with Crippen LogP contribution in [0.3, 0.4) is 0 Å². The van der Waals surface area contributed by atoms with E-state index in [1.54, 1.807) is 32.5 Å². The number of amides is 2. The molecule has 4 aliphatic rings. The molecule has 0 bridgehead atoms. The number of nitrogens with zero attached hydrogens (tertiary/aromatic N) is 2. The Kier molecular flexibility index (Phi) is 13.9. The zero-order chi connectivity index (χ0) is 35.0. The molecule has 6 rings (SSSR count). The van der Waals surface area contributed by atoms with E-state index < -0.39 is 0 Å². The van der Waals surface area contributed by atoms with Crippen LogP contribution < -0.4 is 0 Å². The Morgan fingerprint density at radius 2 is 0.820 bits per heavy atom. The first-order valence-corrected chi connectivity index (χ1v) is 22.8. The molecule has 2 aromatic rings. The van der Waals surface area contributed by atoms with E-state index in [9.17, 15) is 9.59 Å². The molecule has 8 heteroatoms. The molecule has 270 valence electrons. The van der Waals surface area contributed by atoms with Crippen molar-refractivity contribution in [2.75, 3.05) is 0 Å². The molecule has 0 atom stereocenters. The van der Waals surface area contributed by atoms with Crippen LogP contribution in [0.1, 0.15) is 174 Å². The molecule has 0 spiro atoms. The minimum atomic E-state index is -0.0921. The van der Waals surface area contributed by atoms with Gasteiger partial charge in [0.15, 0.2) is 0 Å². The van der Waals surface area contributed by atoms with E-state index in [4.69, 9.17) is 0 Å². The first kappa shape index (κ1) is 38.0. The molecule has 0 N–H and O–H groups in total. The highest BCUT2D eigenvalue weighted by molar-refractivity contribution is 9.11. The molecule has 0 saturated carbocycles. The van der Waals surface area contributed by atoms with Crippen LogP contribution in [0.4, 0.5) is 0 Å². The summed E-state index contributed by atoms with van der Waals surface area (Å²) < 4.78 is 2.24. The van der Waals surface area contributed by atoms with Crippen molar-refractivity contribution in [1.29, 1.82) is 0 Å². The van der Waals surface area contributed by atoms with Gasteiger partial charge in [-0.2, -0.15) is 0 Å². The lowest BCUT2D eigenvalue weighted by Gasteiger charge is -2.24. The first-order chi connectivity index (χ1) is 24.5. The lowest BCUT2D eigenvalue weighted by atomic mass is 9.98. The fourth-order valence-electron chi connectivity index (χ4n) is 8.01. The maximum atomic E-state index is 14.1. The number of thiophene rings is 2. The summed E-state index contributed by atoms with van der Waals surface area (Å²) in [5.74, 6) is -0.184. The number of halogens is 2. The Morgan fingerprint density at radius 1 is 0.500 bits per heavy atom. The summed E-state index contributed by atoms with van der Waals surface area (Å²) in [5, 5.41) is 0. The normalized spacial score (nSPS) is 15.8. The van der Waals surface area contributed by atoms with Crippen molar-refractivity contribution in [3.63, 3.8) is 0 Å². The minimum absolute atomic E-state index is 0.0921. The zero-order valence-electron chi connectivity index (χ0n) is 30.1. The van der Waals surface area contributed by atoms with Crippen molar-refractivity contribution < 1.29 is 9.59 Å². The van der Waals surface area contributed by atoms with Crippen LogP contribution in [0.5, 0.6) is 0 Å². The van der Waals surface area contributed by atoms with Gasteiger partial charge < -0.3 is 0 Å². The predicted molar refractivity (Wildman–Crippen MR) is 221 cm³/mol. The van der Waals surface area contributed by atoms with Crippen molar-refractivity contribution in [2.24, 2.45) is 0 Å². The highest BCUT2D eigenvalue weighted by Gasteiger charge is 2.51. The number of hydrogen-bond donors (Lipinski definition) is 0. The van der Waals surface area contributed by atoms with E-state index in [0.717, 1.165) is 54.4 Å². The lowest BCUT2D eigenvalue weighted by Crippen LogP contribution is -2.26. The average Bonchev–Trinajstić information content (AvgIpc) is 3.80. The van der Waals surface area contributed by atoms with Gasteiger partial charge in [-0.15, -0.1) is 22.7 Å². The number of fused-ring (bicyclic) bond motifs is 7. The summed E-state index contributed by atoms with van der Waals surface area (Å²) in [6, 6.07) is 0. The van der Waals surface area contributed by atoms with Crippen molar-refractivity contribution >= 4 is 89.9 Å². The van der Waals surface area contributed by atoms with Crippen LogP contribution >= 0.6 is 54.5 Å². The molecule has 0 aromatic carbocycles. The molecular weight excluding hydrogens is 788 g/mol. The van der Waals surface area contributed by atoms with Crippen LogP contribution in [0.25, 0.3) is 23.5 Å². The summed E-state index contributed by atoms with van der Waals surface area (Å²) >= 11 is 11.1. The Labute approximate surface area is 325 Å². The van der Waals surface area contributed by atoms with Gasteiger partial charge in [-0.05, 0) is 80.8 Å². The molecule has 0 unspecified atom stereocenters. The number of carbonyl (C=O) groups excluding carboxylic acids is 2. The Hall–Kier alpha value is -1.74. The summed E-state index contributed by atoms with van der Waals surface area (Å²) in [4.78, 5) is 33.8. The molecule has 0 radical (unpaired) electrons. The fraction of sp³-hybridized carbons (Fsp3) is 0.571. The lowest BCUT2D eigenvalue weighted by molar-refractivity contribution is -0.122. The van der Waals surface area contributed by atoms with Crippen LogP contribution in [-0.4, -0.2) is 21.6 Å². The van der Waals surface area contributed by atoms with Crippen molar-refractivity contribution in [2.45, 2.75) is 155 Å². The Bertz CT molecular complexity index is 1550. The topological polar surface area (TPSA) is 40.6 Å². The maximum Gasteiger partial charge on any atom is 0.265 e. The van der Waals surface area contributed by atoms with Gasteiger partial charge in [-0.1, -0.05) is 129 Å². The summed E-state index contributed by atoms with van der Waals surface area (Å²) in [6.45, 7) is 4.55.